The first-order valence-corrected chi connectivity index (χ1v) is 10.1. The Morgan fingerprint density at radius 1 is 1.15 bits per heavy atom. The summed E-state index contributed by atoms with van der Waals surface area (Å²) in [5.74, 6) is 0.0858. The van der Waals surface area contributed by atoms with Crippen molar-refractivity contribution in [2.24, 2.45) is 0 Å². The SMILES string of the molecule is O=C(NCCn1ccc(-c2cccs2)n1)C1(c2ccccc2)CCOCC1. The van der Waals surface area contributed by atoms with Crippen LogP contribution in [0.15, 0.2) is 60.1 Å². The van der Waals surface area contributed by atoms with E-state index in [1.165, 1.54) is 0 Å². The summed E-state index contributed by atoms with van der Waals surface area (Å²) in [6.45, 7) is 2.44. The van der Waals surface area contributed by atoms with Crippen LogP contribution in [-0.2, 0) is 21.5 Å². The molecule has 0 saturated carbocycles. The molecule has 0 spiro atoms. The minimum absolute atomic E-state index is 0.0858. The van der Waals surface area contributed by atoms with Crippen LogP contribution in [0.3, 0.4) is 0 Å². The molecule has 1 aliphatic rings. The van der Waals surface area contributed by atoms with E-state index in [2.05, 4.69) is 16.5 Å². The molecule has 1 aromatic carbocycles. The molecule has 1 amide bonds. The molecule has 0 atom stereocenters. The summed E-state index contributed by atoms with van der Waals surface area (Å²) in [5.41, 5.74) is 1.55. The molecule has 6 heteroatoms. The second-order valence-electron chi connectivity index (χ2n) is 6.76. The van der Waals surface area contributed by atoms with E-state index in [0.29, 0.717) is 39.1 Å². The van der Waals surface area contributed by atoms with E-state index in [1.54, 1.807) is 11.3 Å². The molecule has 1 fully saturated rings. The van der Waals surface area contributed by atoms with Crippen molar-refractivity contribution >= 4 is 17.2 Å². The van der Waals surface area contributed by atoms with E-state index >= 15 is 0 Å². The molecule has 1 aliphatic heterocycles. The van der Waals surface area contributed by atoms with Crippen molar-refractivity contribution in [3.8, 4) is 10.6 Å². The summed E-state index contributed by atoms with van der Waals surface area (Å²) in [6, 6.07) is 16.2. The Bertz CT molecular complexity index is 868. The van der Waals surface area contributed by atoms with E-state index in [9.17, 15) is 4.79 Å². The first-order valence-electron chi connectivity index (χ1n) is 9.27. The van der Waals surface area contributed by atoms with Crippen LogP contribution >= 0.6 is 11.3 Å². The number of hydrogen-bond acceptors (Lipinski definition) is 4. The van der Waals surface area contributed by atoms with Gasteiger partial charge in [0.15, 0.2) is 0 Å². The van der Waals surface area contributed by atoms with Crippen LogP contribution in [0.5, 0.6) is 0 Å². The zero-order valence-electron chi connectivity index (χ0n) is 15.1. The number of aromatic nitrogens is 2. The van der Waals surface area contributed by atoms with Crippen molar-refractivity contribution in [2.45, 2.75) is 24.8 Å². The Labute approximate surface area is 163 Å². The van der Waals surface area contributed by atoms with Crippen LogP contribution in [-0.4, -0.2) is 35.4 Å². The van der Waals surface area contributed by atoms with Gasteiger partial charge in [-0.1, -0.05) is 36.4 Å². The van der Waals surface area contributed by atoms with Gasteiger partial charge in [-0.2, -0.15) is 5.10 Å². The van der Waals surface area contributed by atoms with Crippen LogP contribution < -0.4 is 5.32 Å². The van der Waals surface area contributed by atoms with Gasteiger partial charge in [-0.05, 0) is 35.9 Å². The Morgan fingerprint density at radius 2 is 1.96 bits per heavy atom. The fourth-order valence-electron chi connectivity index (χ4n) is 3.62. The van der Waals surface area contributed by atoms with Crippen molar-refractivity contribution in [2.75, 3.05) is 19.8 Å². The highest BCUT2D eigenvalue weighted by molar-refractivity contribution is 7.13. The fourth-order valence-corrected chi connectivity index (χ4v) is 4.31. The lowest BCUT2D eigenvalue weighted by Gasteiger charge is -2.36. The maximum absolute atomic E-state index is 13.1. The van der Waals surface area contributed by atoms with Gasteiger partial charge in [-0.15, -0.1) is 11.3 Å². The van der Waals surface area contributed by atoms with Crippen molar-refractivity contribution in [3.05, 3.63) is 65.7 Å². The van der Waals surface area contributed by atoms with Gasteiger partial charge in [-0.25, -0.2) is 0 Å². The van der Waals surface area contributed by atoms with Crippen molar-refractivity contribution < 1.29 is 9.53 Å². The molecular formula is C21H23N3O2S. The molecule has 2 aromatic heterocycles. The summed E-state index contributed by atoms with van der Waals surface area (Å²) >= 11 is 1.68. The lowest BCUT2D eigenvalue weighted by atomic mass is 9.73. The molecule has 0 radical (unpaired) electrons. The number of benzene rings is 1. The van der Waals surface area contributed by atoms with Crippen LogP contribution in [0.4, 0.5) is 0 Å². The minimum atomic E-state index is -0.494. The third-order valence-electron chi connectivity index (χ3n) is 5.15. The van der Waals surface area contributed by atoms with Crippen LogP contribution in [0.25, 0.3) is 10.6 Å². The van der Waals surface area contributed by atoms with Crippen LogP contribution in [0, 0.1) is 0 Å². The van der Waals surface area contributed by atoms with Gasteiger partial charge in [0.2, 0.25) is 5.91 Å². The highest BCUT2D eigenvalue weighted by atomic mass is 32.1. The van der Waals surface area contributed by atoms with Gasteiger partial charge in [0.25, 0.3) is 0 Å². The van der Waals surface area contributed by atoms with Crippen LogP contribution in [0.1, 0.15) is 18.4 Å². The number of amides is 1. The summed E-state index contributed by atoms with van der Waals surface area (Å²) in [6.07, 6.45) is 3.39. The topological polar surface area (TPSA) is 56.2 Å². The van der Waals surface area contributed by atoms with Crippen molar-refractivity contribution in [3.63, 3.8) is 0 Å². The lowest BCUT2D eigenvalue weighted by molar-refractivity contribution is -0.130. The van der Waals surface area contributed by atoms with E-state index in [4.69, 9.17) is 4.74 Å². The van der Waals surface area contributed by atoms with Gasteiger partial charge in [0.1, 0.15) is 5.69 Å². The van der Waals surface area contributed by atoms with E-state index in [-0.39, 0.29) is 5.91 Å². The van der Waals surface area contributed by atoms with Crippen molar-refractivity contribution in [1.82, 2.24) is 15.1 Å². The monoisotopic (exact) mass is 381 g/mol. The van der Waals surface area contributed by atoms with E-state index < -0.39 is 5.41 Å². The molecule has 3 heterocycles. The predicted octanol–water partition coefficient (Wildman–Crippen LogP) is 3.48. The second kappa shape index (κ2) is 8.06. The molecule has 0 bridgehead atoms. The molecule has 140 valence electrons. The predicted molar refractivity (Wildman–Crippen MR) is 107 cm³/mol. The molecule has 5 nitrogen and oxygen atoms in total. The normalized spacial score (nSPS) is 16.1. The number of hydrogen-bond donors (Lipinski definition) is 1. The zero-order valence-corrected chi connectivity index (χ0v) is 16.0. The molecular weight excluding hydrogens is 358 g/mol. The summed E-state index contributed by atoms with van der Waals surface area (Å²) in [4.78, 5) is 14.3. The van der Waals surface area contributed by atoms with E-state index in [1.807, 2.05) is 58.7 Å². The third kappa shape index (κ3) is 3.82. The fraction of sp³-hybridized carbons (Fsp3) is 0.333. The molecule has 3 aromatic rings. The second-order valence-corrected chi connectivity index (χ2v) is 7.71. The number of nitrogens with zero attached hydrogens (tertiary/aromatic N) is 2. The quantitative estimate of drug-likeness (QED) is 0.711. The third-order valence-corrected chi connectivity index (χ3v) is 6.04. The number of nitrogens with one attached hydrogen (secondary N) is 1. The maximum atomic E-state index is 13.1. The average molecular weight is 382 g/mol. The largest absolute Gasteiger partial charge is 0.381 e. The average Bonchev–Trinajstić information content (AvgIpc) is 3.41. The highest BCUT2D eigenvalue weighted by Gasteiger charge is 2.41. The van der Waals surface area contributed by atoms with Gasteiger partial charge in [0, 0.05) is 26.0 Å². The van der Waals surface area contributed by atoms with Gasteiger partial charge in [-0.3, -0.25) is 9.48 Å². The number of ether oxygens (including phenoxy) is 1. The first kappa shape index (κ1) is 17.9. The van der Waals surface area contributed by atoms with Gasteiger partial charge in [0.05, 0.1) is 16.8 Å². The number of thiophene rings is 1. The summed E-state index contributed by atoms with van der Waals surface area (Å²) < 4.78 is 7.40. The Kier molecular flexibility index (Phi) is 5.36. The zero-order chi connectivity index (χ0) is 18.5. The molecule has 1 N–H and O–H groups in total. The summed E-state index contributed by atoms with van der Waals surface area (Å²) in [7, 11) is 0. The Hall–Kier alpha value is -2.44. The smallest absolute Gasteiger partial charge is 0.230 e. The number of rotatable bonds is 6. The van der Waals surface area contributed by atoms with Gasteiger partial charge < -0.3 is 10.1 Å². The Balaban J connectivity index is 1.40. The molecule has 4 rings (SSSR count). The standard InChI is InChI=1S/C21H23N3O2S/c25-20(21(9-14-26-15-10-21)17-5-2-1-3-6-17)22-11-13-24-12-8-18(23-24)19-7-4-16-27-19/h1-8,12,16H,9-11,13-15H2,(H,22,25). The molecule has 0 aliphatic carbocycles. The summed E-state index contributed by atoms with van der Waals surface area (Å²) in [5, 5.41) is 9.77. The number of carbonyl (C=O) groups is 1. The molecule has 1 saturated heterocycles. The van der Waals surface area contributed by atoms with Gasteiger partial charge >= 0.3 is 0 Å². The maximum Gasteiger partial charge on any atom is 0.230 e. The highest BCUT2D eigenvalue weighted by Crippen LogP contribution is 2.35. The first-order chi connectivity index (χ1) is 13.3. The van der Waals surface area contributed by atoms with Crippen molar-refractivity contribution in [1.29, 1.82) is 0 Å². The molecule has 0 unspecified atom stereocenters. The Morgan fingerprint density at radius 3 is 2.70 bits per heavy atom. The lowest BCUT2D eigenvalue weighted by Crippen LogP contribution is -2.48. The number of carbonyl (C=O) groups excluding carboxylic acids is 1. The van der Waals surface area contributed by atoms with E-state index in [0.717, 1.165) is 16.1 Å². The molecule has 27 heavy (non-hydrogen) atoms. The minimum Gasteiger partial charge on any atom is -0.381 e. The van der Waals surface area contributed by atoms with Crippen LogP contribution in [0.2, 0.25) is 0 Å².